The SMILES string of the molecule is C=Cn1cc(CN(Cc2ccc3c(c2)OCO3)CC2CCCO2)c(C)n1.O=C(O)CC(O)(CC(=O)O)C(=O)O. The molecule has 1 aromatic carbocycles. The maximum atomic E-state index is 10.3. The Kier molecular flexibility index (Phi) is 10.0. The number of hydrogen-bond acceptors (Lipinski definition) is 9. The van der Waals surface area contributed by atoms with Gasteiger partial charge in [-0.1, -0.05) is 12.6 Å². The molecule has 2 aliphatic heterocycles. The van der Waals surface area contributed by atoms with Crippen LogP contribution >= 0.6 is 0 Å². The molecule has 4 N–H and O–H groups in total. The van der Waals surface area contributed by atoms with E-state index in [0.717, 1.165) is 56.3 Å². The molecule has 1 unspecified atom stereocenters. The minimum atomic E-state index is -2.74. The van der Waals surface area contributed by atoms with E-state index in [1.807, 2.05) is 19.2 Å². The van der Waals surface area contributed by atoms with Crippen LogP contribution in [0.4, 0.5) is 0 Å². The molecule has 1 aromatic heterocycles. The summed E-state index contributed by atoms with van der Waals surface area (Å²) in [6.07, 6.45) is 4.06. The third-order valence-electron chi connectivity index (χ3n) is 6.21. The molecular weight excluding hydrogens is 514 g/mol. The second-order valence-electron chi connectivity index (χ2n) is 9.37. The summed E-state index contributed by atoms with van der Waals surface area (Å²) >= 11 is 0. The molecule has 2 aromatic rings. The van der Waals surface area contributed by atoms with E-state index >= 15 is 0 Å². The molecule has 0 saturated carbocycles. The van der Waals surface area contributed by atoms with Crippen molar-refractivity contribution in [1.29, 1.82) is 0 Å². The molecule has 39 heavy (non-hydrogen) atoms. The van der Waals surface area contributed by atoms with E-state index in [2.05, 4.69) is 28.7 Å². The molecule has 0 aliphatic carbocycles. The van der Waals surface area contributed by atoms with Gasteiger partial charge in [0, 0.05) is 44.2 Å². The third-order valence-corrected chi connectivity index (χ3v) is 6.21. The van der Waals surface area contributed by atoms with E-state index in [0.29, 0.717) is 12.9 Å². The number of aliphatic hydroxyl groups is 1. The lowest BCUT2D eigenvalue weighted by Crippen LogP contribution is -2.42. The van der Waals surface area contributed by atoms with Crippen LogP contribution in [0, 0.1) is 6.92 Å². The van der Waals surface area contributed by atoms with E-state index in [4.69, 9.17) is 34.6 Å². The zero-order valence-electron chi connectivity index (χ0n) is 21.6. The summed E-state index contributed by atoms with van der Waals surface area (Å²) in [6.45, 7) is 9.57. The van der Waals surface area contributed by atoms with Gasteiger partial charge in [0.25, 0.3) is 0 Å². The van der Waals surface area contributed by atoms with E-state index in [1.54, 1.807) is 10.9 Å². The fraction of sp³-hybridized carbons (Fsp3) is 0.462. The summed E-state index contributed by atoms with van der Waals surface area (Å²) in [4.78, 5) is 32.9. The van der Waals surface area contributed by atoms with Gasteiger partial charge in [0.1, 0.15) is 0 Å². The highest BCUT2D eigenvalue weighted by atomic mass is 16.7. The standard InChI is InChI=1S/C20H25N3O3.C6H8O7/c1-3-23-12-17(15(2)21-23)11-22(13-18-5-4-8-24-18)10-16-6-7-19-20(9-16)26-14-25-19;7-3(8)1-6(13,5(11)12)2-4(9)10/h3,6-7,9,12,18H,1,4-5,8,10-11,13-14H2,2H3;13H,1-2H2,(H,7,8)(H,9,10)(H,11,12). The maximum absolute atomic E-state index is 10.3. The summed E-state index contributed by atoms with van der Waals surface area (Å²) in [6, 6.07) is 6.17. The van der Waals surface area contributed by atoms with Crippen molar-refractivity contribution < 1.29 is 49.0 Å². The highest BCUT2D eigenvalue weighted by molar-refractivity contribution is 5.88. The van der Waals surface area contributed by atoms with Crippen molar-refractivity contribution in [3.8, 4) is 11.5 Å². The van der Waals surface area contributed by atoms with E-state index in [9.17, 15) is 14.4 Å². The molecule has 212 valence electrons. The second-order valence-corrected chi connectivity index (χ2v) is 9.37. The Hall–Kier alpha value is -3.94. The monoisotopic (exact) mass is 547 g/mol. The number of fused-ring (bicyclic) bond motifs is 1. The molecule has 1 atom stereocenters. The average molecular weight is 548 g/mol. The molecule has 1 saturated heterocycles. The van der Waals surface area contributed by atoms with Gasteiger partial charge in [-0.25, -0.2) is 9.48 Å². The van der Waals surface area contributed by atoms with Crippen LogP contribution in [0.15, 0.2) is 31.0 Å². The van der Waals surface area contributed by atoms with Crippen LogP contribution in [-0.4, -0.2) is 84.7 Å². The van der Waals surface area contributed by atoms with Crippen molar-refractivity contribution in [3.05, 3.63) is 47.8 Å². The highest BCUT2D eigenvalue weighted by Crippen LogP contribution is 2.33. The number of aromatic nitrogens is 2. The number of aliphatic carboxylic acids is 3. The normalized spacial score (nSPS) is 16.0. The van der Waals surface area contributed by atoms with Gasteiger partial charge >= 0.3 is 17.9 Å². The average Bonchev–Trinajstić information content (AvgIpc) is 3.60. The summed E-state index contributed by atoms with van der Waals surface area (Å²) in [7, 11) is 0. The minimum Gasteiger partial charge on any atom is -0.481 e. The molecule has 4 rings (SSSR count). The third kappa shape index (κ3) is 8.53. The first-order valence-corrected chi connectivity index (χ1v) is 12.3. The number of nitrogens with zero attached hydrogens (tertiary/aromatic N) is 3. The number of carboxylic acid groups (broad SMARTS) is 3. The van der Waals surface area contributed by atoms with Crippen molar-refractivity contribution in [2.45, 2.75) is 57.4 Å². The molecule has 0 amide bonds. The number of carbonyl (C=O) groups is 3. The van der Waals surface area contributed by atoms with Crippen molar-refractivity contribution in [3.63, 3.8) is 0 Å². The fourth-order valence-electron chi connectivity index (χ4n) is 4.28. The lowest BCUT2D eigenvalue weighted by molar-refractivity contribution is -0.170. The Balaban J connectivity index is 0.000000276. The predicted octanol–water partition coefficient (Wildman–Crippen LogP) is 1.95. The summed E-state index contributed by atoms with van der Waals surface area (Å²) in [5.74, 6) is -3.37. The summed E-state index contributed by atoms with van der Waals surface area (Å²) in [5.41, 5.74) is 0.718. The Morgan fingerprint density at radius 2 is 1.85 bits per heavy atom. The molecule has 0 bridgehead atoms. The zero-order valence-corrected chi connectivity index (χ0v) is 21.6. The Labute approximate surface area is 224 Å². The van der Waals surface area contributed by atoms with E-state index < -0.39 is 36.4 Å². The van der Waals surface area contributed by atoms with Crippen LogP contribution < -0.4 is 9.47 Å². The summed E-state index contributed by atoms with van der Waals surface area (Å²) < 4.78 is 18.6. The fourth-order valence-corrected chi connectivity index (χ4v) is 4.28. The number of hydrogen-bond donors (Lipinski definition) is 4. The number of ether oxygens (including phenoxy) is 3. The quantitative estimate of drug-likeness (QED) is 0.304. The highest BCUT2D eigenvalue weighted by Gasteiger charge is 2.40. The Bertz CT molecular complexity index is 1170. The van der Waals surface area contributed by atoms with Gasteiger partial charge in [-0.05, 0) is 37.5 Å². The number of benzene rings is 1. The molecule has 3 heterocycles. The smallest absolute Gasteiger partial charge is 0.336 e. The first-order chi connectivity index (χ1) is 18.5. The molecule has 0 spiro atoms. The predicted molar refractivity (Wildman–Crippen MR) is 136 cm³/mol. The zero-order chi connectivity index (χ0) is 28.6. The van der Waals surface area contributed by atoms with E-state index in [-0.39, 0.29) is 0 Å². The number of carboxylic acids is 3. The number of aryl methyl sites for hydroxylation is 1. The molecule has 0 radical (unpaired) electrons. The van der Waals surface area contributed by atoms with Gasteiger partial charge in [0.05, 0.1) is 24.6 Å². The second kappa shape index (κ2) is 13.2. The first kappa shape index (κ1) is 29.6. The van der Waals surface area contributed by atoms with E-state index in [1.165, 1.54) is 11.1 Å². The van der Waals surface area contributed by atoms with Crippen LogP contribution in [0.2, 0.25) is 0 Å². The molecular formula is C26H33N3O10. The van der Waals surface area contributed by atoms with Crippen LogP contribution in [0.25, 0.3) is 6.20 Å². The van der Waals surface area contributed by atoms with Gasteiger partial charge in [-0.2, -0.15) is 5.10 Å². The first-order valence-electron chi connectivity index (χ1n) is 12.3. The van der Waals surface area contributed by atoms with Crippen LogP contribution in [0.1, 0.15) is 42.5 Å². The van der Waals surface area contributed by atoms with Gasteiger partial charge in [-0.3, -0.25) is 14.5 Å². The topological polar surface area (TPSA) is 181 Å². The Morgan fingerprint density at radius 3 is 2.41 bits per heavy atom. The molecule has 13 heteroatoms. The minimum absolute atomic E-state index is 0.304. The largest absolute Gasteiger partial charge is 0.481 e. The lowest BCUT2D eigenvalue weighted by Gasteiger charge is -2.25. The van der Waals surface area contributed by atoms with Gasteiger partial charge in [0.15, 0.2) is 17.1 Å². The van der Waals surface area contributed by atoms with Gasteiger partial charge < -0.3 is 34.6 Å². The van der Waals surface area contributed by atoms with Crippen LogP contribution in [-0.2, 0) is 32.2 Å². The summed E-state index contributed by atoms with van der Waals surface area (Å²) in [5, 5.41) is 38.3. The molecule has 1 fully saturated rings. The molecule has 2 aliphatic rings. The van der Waals surface area contributed by atoms with Crippen molar-refractivity contribution >= 4 is 24.1 Å². The van der Waals surface area contributed by atoms with Gasteiger partial charge in [-0.15, -0.1) is 0 Å². The molecule has 13 nitrogen and oxygen atoms in total. The van der Waals surface area contributed by atoms with Crippen LogP contribution in [0.5, 0.6) is 11.5 Å². The lowest BCUT2D eigenvalue weighted by atomic mass is 9.96. The van der Waals surface area contributed by atoms with Crippen LogP contribution in [0.3, 0.4) is 0 Å². The van der Waals surface area contributed by atoms with Gasteiger partial charge in [0.2, 0.25) is 6.79 Å². The van der Waals surface area contributed by atoms with Crippen molar-refractivity contribution in [2.75, 3.05) is 19.9 Å². The number of rotatable bonds is 12. The maximum Gasteiger partial charge on any atom is 0.336 e. The Morgan fingerprint density at radius 1 is 1.15 bits per heavy atom. The van der Waals surface area contributed by atoms with Crippen molar-refractivity contribution in [1.82, 2.24) is 14.7 Å². The van der Waals surface area contributed by atoms with Crippen molar-refractivity contribution in [2.24, 2.45) is 0 Å².